The summed E-state index contributed by atoms with van der Waals surface area (Å²) in [6, 6.07) is 7.12. The van der Waals surface area contributed by atoms with Crippen LogP contribution in [0.1, 0.15) is 0 Å². The minimum atomic E-state index is -0.199. The zero-order valence-corrected chi connectivity index (χ0v) is 10.8. The highest BCUT2D eigenvalue weighted by atomic mass is 35.5. The lowest BCUT2D eigenvalue weighted by Gasteiger charge is -1.99. The molecule has 0 aliphatic rings. The molecule has 6 nitrogen and oxygen atoms in total. The van der Waals surface area contributed by atoms with Gasteiger partial charge in [-0.25, -0.2) is 0 Å². The van der Waals surface area contributed by atoms with E-state index >= 15 is 0 Å². The van der Waals surface area contributed by atoms with Crippen LogP contribution in [-0.4, -0.2) is 32.7 Å². The van der Waals surface area contributed by atoms with Crippen molar-refractivity contribution in [3.63, 3.8) is 0 Å². The standard InChI is InChI=1S/C12H12ClN5O/c1-2-6-14-11(19)8-18-16-12(15-17-18)9-4-3-5-10(13)7-9/h2-5,7H,1,6,8H2,(H,14,19). The molecule has 0 aliphatic carbocycles. The summed E-state index contributed by atoms with van der Waals surface area (Å²) in [5, 5.41) is 15.0. The van der Waals surface area contributed by atoms with Crippen LogP contribution in [0.3, 0.4) is 0 Å². The van der Waals surface area contributed by atoms with Crippen LogP contribution < -0.4 is 5.32 Å². The van der Waals surface area contributed by atoms with Crippen LogP contribution in [-0.2, 0) is 11.3 Å². The maximum absolute atomic E-state index is 11.5. The monoisotopic (exact) mass is 277 g/mol. The molecule has 0 radical (unpaired) electrons. The normalized spacial score (nSPS) is 10.2. The van der Waals surface area contributed by atoms with Crippen molar-refractivity contribution in [1.29, 1.82) is 0 Å². The van der Waals surface area contributed by atoms with Gasteiger partial charge in [0.2, 0.25) is 11.7 Å². The summed E-state index contributed by atoms with van der Waals surface area (Å²) in [5.74, 6) is 0.231. The molecular weight excluding hydrogens is 266 g/mol. The molecular formula is C12H12ClN5O. The van der Waals surface area contributed by atoms with Crippen molar-refractivity contribution in [3.05, 3.63) is 41.9 Å². The predicted molar refractivity (Wildman–Crippen MR) is 71.5 cm³/mol. The third-order valence-electron chi connectivity index (χ3n) is 2.26. The Hall–Kier alpha value is -2.21. The Morgan fingerprint density at radius 3 is 3.11 bits per heavy atom. The topological polar surface area (TPSA) is 72.7 Å². The fraction of sp³-hybridized carbons (Fsp3) is 0.167. The number of tetrazole rings is 1. The van der Waals surface area contributed by atoms with Crippen LogP contribution in [0, 0.1) is 0 Å². The molecule has 1 amide bonds. The van der Waals surface area contributed by atoms with Crippen molar-refractivity contribution in [2.45, 2.75) is 6.54 Å². The van der Waals surface area contributed by atoms with Crippen LogP contribution >= 0.6 is 11.6 Å². The maximum Gasteiger partial charge on any atom is 0.243 e. The fourth-order valence-electron chi connectivity index (χ4n) is 1.42. The summed E-state index contributed by atoms with van der Waals surface area (Å²) in [5.41, 5.74) is 0.755. The number of nitrogens with one attached hydrogen (secondary N) is 1. The van der Waals surface area contributed by atoms with Gasteiger partial charge in [-0.2, -0.15) is 4.80 Å². The molecule has 0 aliphatic heterocycles. The molecule has 98 valence electrons. The summed E-state index contributed by atoms with van der Waals surface area (Å²) < 4.78 is 0. The third-order valence-corrected chi connectivity index (χ3v) is 2.50. The minimum Gasteiger partial charge on any atom is -0.351 e. The first-order valence-corrected chi connectivity index (χ1v) is 5.98. The summed E-state index contributed by atoms with van der Waals surface area (Å²) in [6.07, 6.45) is 1.60. The van der Waals surface area contributed by atoms with Gasteiger partial charge in [-0.3, -0.25) is 4.79 Å². The molecule has 19 heavy (non-hydrogen) atoms. The van der Waals surface area contributed by atoms with E-state index in [0.717, 1.165) is 5.56 Å². The quantitative estimate of drug-likeness (QED) is 0.836. The van der Waals surface area contributed by atoms with Gasteiger partial charge in [-0.05, 0) is 17.3 Å². The minimum absolute atomic E-state index is 0.0153. The number of rotatable bonds is 5. The molecule has 0 saturated heterocycles. The van der Waals surface area contributed by atoms with E-state index in [1.165, 1.54) is 4.80 Å². The van der Waals surface area contributed by atoms with Crippen LogP contribution in [0.15, 0.2) is 36.9 Å². The number of nitrogens with zero attached hydrogens (tertiary/aromatic N) is 4. The van der Waals surface area contributed by atoms with Crippen molar-refractivity contribution in [1.82, 2.24) is 25.5 Å². The van der Waals surface area contributed by atoms with E-state index in [0.29, 0.717) is 17.4 Å². The van der Waals surface area contributed by atoms with Crippen molar-refractivity contribution >= 4 is 17.5 Å². The Labute approximate surface area is 115 Å². The second-order valence-corrected chi connectivity index (χ2v) is 4.18. The van der Waals surface area contributed by atoms with Gasteiger partial charge in [0.15, 0.2) is 0 Å². The first-order valence-electron chi connectivity index (χ1n) is 5.60. The van der Waals surface area contributed by atoms with Crippen molar-refractivity contribution < 1.29 is 4.79 Å². The van der Waals surface area contributed by atoms with E-state index in [1.54, 1.807) is 24.3 Å². The van der Waals surface area contributed by atoms with Gasteiger partial charge >= 0.3 is 0 Å². The van der Waals surface area contributed by atoms with Crippen LogP contribution in [0.5, 0.6) is 0 Å². The van der Waals surface area contributed by atoms with Gasteiger partial charge in [0.1, 0.15) is 6.54 Å². The zero-order valence-electron chi connectivity index (χ0n) is 10.1. The Bertz CT molecular complexity index is 595. The van der Waals surface area contributed by atoms with E-state index in [4.69, 9.17) is 11.6 Å². The second-order valence-electron chi connectivity index (χ2n) is 3.75. The number of carbonyl (C=O) groups excluding carboxylic acids is 1. The second kappa shape index (κ2) is 6.10. The zero-order chi connectivity index (χ0) is 13.7. The lowest BCUT2D eigenvalue weighted by Crippen LogP contribution is -2.28. The number of carbonyl (C=O) groups is 1. The molecule has 2 aromatic rings. The number of halogens is 1. The Kier molecular flexibility index (Phi) is 4.25. The van der Waals surface area contributed by atoms with Crippen molar-refractivity contribution in [3.8, 4) is 11.4 Å². The maximum atomic E-state index is 11.5. The average molecular weight is 278 g/mol. The Morgan fingerprint density at radius 2 is 2.37 bits per heavy atom. The molecule has 1 aromatic heterocycles. The smallest absolute Gasteiger partial charge is 0.243 e. The Balaban J connectivity index is 2.07. The number of hydrogen-bond donors (Lipinski definition) is 1. The first-order chi connectivity index (χ1) is 9.19. The largest absolute Gasteiger partial charge is 0.351 e. The van der Waals surface area contributed by atoms with E-state index < -0.39 is 0 Å². The van der Waals surface area contributed by atoms with E-state index in [-0.39, 0.29) is 12.5 Å². The van der Waals surface area contributed by atoms with Gasteiger partial charge in [0.05, 0.1) is 0 Å². The van der Waals surface area contributed by atoms with Gasteiger partial charge < -0.3 is 5.32 Å². The lowest BCUT2D eigenvalue weighted by molar-refractivity contribution is -0.121. The van der Waals surface area contributed by atoms with Gasteiger partial charge in [0.25, 0.3) is 0 Å². The summed E-state index contributed by atoms with van der Waals surface area (Å²) in [6.45, 7) is 3.94. The molecule has 2 rings (SSSR count). The summed E-state index contributed by atoms with van der Waals surface area (Å²) in [4.78, 5) is 12.7. The molecule has 0 fully saturated rings. The molecule has 0 bridgehead atoms. The van der Waals surface area contributed by atoms with Crippen LogP contribution in [0.25, 0.3) is 11.4 Å². The SMILES string of the molecule is C=CCNC(=O)Cn1nnc(-c2cccc(Cl)c2)n1. The molecule has 1 N–H and O–H groups in total. The predicted octanol–water partition coefficient (Wildman–Crippen LogP) is 1.30. The van der Waals surface area contributed by atoms with Gasteiger partial charge in [-0.1, -0.05) is 29.8 Å². The van der Waals surface area contributed by atoms with E-state index in [2.05, 4.69) is 27.3 Å². The average Bonchev–Trinajstić information content (AvgIpc) is 2.85. The fourth-order valence-corrected chi connectivity index (χ4v) is 1.61. The Morgan fingerprint density at radius 1 is 1.53 bits per heavy atom. The number of benzene rings is 1. The summed E-state index contributed by atoms with van der Waals surface area (Å²) >= 11 is 5.89. The summed E-state index contributed by atoms with van der Waals surface area (Å²) in [7, 11) is 0. The van der Waals surface area contributed by atoms with Crippen molar-refractivity contribution in [2.24, 2.45) is 0 Å². The number of amides is 1. The third kappa shape index (κ3) is 3.62. The van der Waals surface area contributed by atoms with E-state index in [9.17, 15) is 4.79 Å². The molecule has 1 heterocycles. The van der Waals surface area contributed by atoms with Crippen molar-refractivity contribution in [2.75, 3.05) is 6.54 Å². The van der Waals surface area contributed by atoms with Crippen LogP contribution in [0.2, 0.25) is 5.02 Å². The highest BCUT2D eigenvalue weighted by Gasteiger charge is 2.08. The van der Waals surface area contributed by atoms with Crippen LogP contribution in [0.4, 0.5) is 0 Å². The number of aromatic nitrogens is 4. The molecule has 0 saturated carbocycles. The molecule has 0 spiro atoms. The lowest BCUT2D eigenvalue weighted by atomic mass is 10.2. The highest BCUT2D eigenvalue weighted by Crippen LogP contribution is 2.18. The molecule has 0 unspecified atom stereocenters. The molecule has 1 aromatic carbocycles. The first kappa shape index (κ1) is 13.2. The number of hydrogen-bond acceptors (Lipinski definition) is 4. The molecule has 7 heteroatoms. The van der Waals surface area contributed by atoms with Gasteiger partial charge in [-0.15, -0.1) is 16.8 Å². The molecule has 0 atom stereocenters. The van der Waals surface area contributed by atoms with E-state index in [1.807, 2.05) is 6.07 Å². The van der Waals surface area contributed by atoms with Gasteiger partial charge in [0, 0.05) is 17.1 Å². The highest BCUT2D eigenvalue weighted by molar-refractivity contribution is 6.30.